The number of aromatic amines is 1. The SMILES string of the molecule is CCOC(=O)c1sc2nc([C@H](C)NC3CCCCCCC3)[nH]c(=O)c2c1C. The summed E-state index contributed by atoms with van der Waals surface area (Å²) in [7, 11) is 0. The predicted octanol–water partition coefficient (Wildman–Crippen LogP) is 4.23. The first-order chi connectivity index (χ1) is 13.0. The van der Waals surface area contributed by atoms with Gasteiger partial charge in [-0.3, -0.25) is 4.79 Å². The number of aryl methyl sites for hydroxylation is 1. The molecule has 27 heavy (non-hydrogen) atoms. The summed E-state index contributed by atoms with van der Waals surface area (Å²) < 4.78 is 5.10. The van der Waals surface area contributed by atoms with E-state index < -0.39 is 0 Å². The van der Waals surface area contributed by atoms with Gasteiger partial charge in [-0.25, -0.2) is 9.78 Å². The summed E-state index contributed by atoms with van der Waals surface area (Å²) in [5, 5.41) is 4.13. The predicted molar refractivity (Wildman–Crippen MR) is 109 cm³/mol. The maximum absolute atomic E-state index is 12.6. The summed E-state index contributed by atoms with van der Waals surface area (Å²) in [5.41, 5.74) is 0.458. The van der Waals surface area contributed by atoms with E-state index in [0.717, 1.165) is 0 Å². The Hall–Kier alpha value is -1.73. The van der Waals surface area contributed by atoms with Crippen molar-refractivity contribution < 1.29 is 9.53 Å². The first-order valence-electron chi connectivity index (χ1n) is 9.97. The summed E-state index contributed by atoms with van der Waals surface area (Å²) in [6, 6.07) is 0.418. The van der Waals surface area contributed by atoms with E-state index in [4.69, 9.17) is 4.74 Å². The van der Waals surface area contributed by atoms with Crippen LogP contribution in [0, 0.1) is 6.92 Å². The summed E-state index contributed by atoms with van der Waals surface area (Å²) in [6.45, 7) is 5.89. The number of hydrogen-bond acceptors (Lipinski definition) is 6. The number of carbonyl (C=O) groups excluding carboxylic acids is 1. The van der Waals surface area contributed by atoms with Crippen LogP contribution in [0.15, 0.2) is 4.79 Å². The molecule has 0 aromatic carbocycles. The second kappa shape index (κ2) is 8.97. The summed E-state index contributed by atoms with van der Waals surface area (Å²) in [5.74, 6) is 0.242. The van der Waals surface area contributed by atoms with Crippen molar-refractivity contribution in [2.45, 2.75) is 77.8 Å². The molecule has 2 aromatic rings. The highest BCUT2D eigenvalue weighted by Gasteiger charge is 2.22. The number of aromatic nitrogens is 2. The lowest BCUT2D eigenvalue weighted by atomic mass is 9.96. The van der Waals surface area contributed by atoms with Gasteiger partial charge in [-0.2, -0.15) is 0 Å². The summed E-state index contributed by atoms with van der Waals surface area (Å²) >= 11 is 1.24. The molecule has 2 heterocycles. The topological polar surface area (TPSA) is 84.1 Å². The van der Waals surface area contributed by atoms with Crippen molar-refractivity contribution in [1.29, 1.82) is 0 Å². The third-order valence-corrected chi connectivity index (χ3v) is 6.45. The van der Waals surface area contributed by atoms with Crippen LogP contribution in [0.5, 0.6) is 0 Å². The fourth-order valence-corrected chi connectivity index (χ4v) is 4.89. The lowest BCUT2D eigenvalue weighted by Gasteiger charge is -2.24. The molecule has 6 nitrogen and oxygen atoms in total. The van der Waals surface area contributed by atoms with Crippen LogP contribution < -0.4 is 10.9 Å². The Morgan fingerprint density at radius 2 is 1.96 bits per heavy atom. The van der Waals surface area contributed by atoms with Crippen LogP contribution in [0.3, 0.4) is 0 Å². The fraction of sp³-hybridized carbons (Fsp3) is 0.650. The van der Waals surface area contributed by atoms with E-state index in [2.05, 4.69) is 15.3 Å². The maximum Gasteiger partial charge on any atom is 0.348 e. The van der Waals surface area contributed by atoms with Crippen molar-refractivity contribution in [3.63, 3.8) is 0 Å². The van der Waals surface area contributed by atoms with Gasteiger partial charge in [0.05, 0.1) is 18.0 Å². The van der Waals surface area contributed by atoms with E-state index in [1.807, 2.05) is 6.92 Å². The van der Waals surface area contributed by atoms with Crippen molar-refractivity contribution in [3.8, 4) is 0 Å². The third kappa shape index (κ3) is 4.58. The lowest BCUT2D eigenvalue weighted by molar-refractivity contribution is 0.0531. The molecule has 3 rings (SSSR count). The fourth-order valence-electron chi connectivity index (χ4n) is 3.81. The molecule has 0 amide bonds. The van der Waals surface area contributed by atoms with Crippen LogP contribution >= 0.6 is 11.3 Å². The number of thiophene rings is 1. The van der Waals surface area contributed by atoms with Gasteiger partial charge < -0.3 is 15.0 Å². The molecular formula is C20H29N3O3S. The molecule has 0 unspecified atom stereocenters. The average Bonchev–Trinajstić information content (AvgIpc) is 2.94. The van der Waals surface area contributed by atoms with Gasteiger partial charge in [-0.05, 0) is 39.2 Å². The number of hydrogen-bond donors (Lipinski definition) is 2. The molecule has 0 saturated heterocycles. The highest BCUT2D eigenvalue weighted by atomic mass is 32.1. The zero-order chi connectivity index (χ0) is 19.4. The van der Waals surface area contributed by atoms with E-state index in [9.17, 15) is 9.59 Å². The molecule has 2 N–H and O–H groups in total. The molecule has 1 atom stereocenters. The lowest BCUT2D eigenvalue weighted by Crippen LogP contribution is -2.33. The van der Waals surface area contributed by atoms with E-state index in [-0.39, 0.29) is 17.6 Å². The number of rotatable bonds is 5. The summed E-state index contributed by atoms with van der Waals surface area (Å²) in [4.78, 5) is 33.4. The van der Waals surface area contributed by atoms with Crippen molar-refractivity contribution >= 4 is 27.5 Å². The Morgan fingerprint density at radius 1 is 1.30 bits per heavy atom. The molecular weight excluding hydrogens is 362 g/mol. The Bertz CT molecular complexity index is 850. The molecule has 0 radical (unpaired) electrons. The zero-order valence-corrected chi connectivity index (χ0v) is 17.2. The van der Waals surface area contributed by atoms with E-state index in [0.29, 0.717) is 39.1 Å². The second-order valence-electron chi connectivity index (χ2n) is 7.34. The number of nitrogens with zero attached hydrogens (tertiary/aromatic N) is 1. The molecule has 1 saturated carbocycles. The highest BCUT2D eigenvalue weighted by molar-refractivity contribution is 7.20. The molecule has 1 aliphatic carbocycles. The van der Waals surface area contributed by atoms with Gasteiger partial charge in [0, 0.05) is 6.04 Å². The smallest absolute Gasteiger partial charge is 0.348 e. The van der Waals surface area contributed by atoms with Crippen molar-refractivity contribution in [2.24, 2.45) is 0 Å². The number of nitrogens with one attached hydrogen (secondary N) is 2. The Kier molecular flexibility index (Phi) is 6.65. The molecule has 0 aliphatic heterocycles. The Balaban J connectivity index is 1.84. The highest BCUT2D eigenvalue weighted by Crippen LogP contribution is 2.28. The van der Waals surface area contributed by atoms with Gasteiger partial charge in [0.25, 0.3) is 5.56 Å². The standard InChI is InChI=1S/C20H29N3O3S/c1-4-26-20(25)16-12(2)15-18(24)22-17(23-19(15)27-16)13(3)21-14-10-8-6-5-7-9-11-14/h13-14,21H,4-11H2,1-3H3,(H,22,23,24)/t13-/m0/s1. The molecule has 148 valence electrons. The molecule has 7 heteroatoms. The van der Waals surface area contributed by atoms with Gasteiger partial charge in [-0.15, -0.1) is 11.3 Å². The number of fused-ring (bicyclic) bond motifs is 1. The number of ether oxygens (including phenoxy) is 1. The van der Waals surface area contributed by atoms with Crippen LogP contribution in [0.4, 0.5) is 0 Å². The summed E-state index contributed by atoms with van der Waals surface area (Å²) in [6.07, 6.45) is 8.79. The van der Waals surface area contributed by atoms with Gasteiger partial charge >= 0.3 is 5.97 Å². The van der Waals surface area contributed by atoms with Gasteiger partial charge in [0.1, 0.15) is 15.5 Å². The van der Waals surface area contributed by atoms with Crippen molar-refractivity contribution in [3.05, 3.63) is 26.6 Å². The largest absolute Gasteiger partial charge is 0.462 e. The zero-order valence-electron chi connectivity index (χ0n) is 16.4. The molecule has 2 aromatic heterocycles. The minimum absolute atomic E-state index is 0.0417. The second-order valence-corrected chi connectivity index (χ2v) is 8.34. The average molecular weight is 392 g/mol. The van der Waals surface area contributed by atoms with Gasteiger partial charge in [0.2, 0.25) is 0 Å². The van der Waals surface area contributed by atoms with Crippen LogP contribution in [0.25, 0.3) is 10.2 Å². The molecule has 0 spiro atoms. The van der Waals surface area contributed by atoms with Crippen molar-refractivity contribution in [2.75, 3.05) is 6.61 Å². The molecule has 1 fully saturated rings. The Labute approximate surface area is 163 Å². The minimum Gasteiger partial charge on any atom is -0.462 e. The van der Waals surface area contributed by atoms with Gasteiger partial charge in [-0.1, -0.05) is 32.1 Å². The molecule has 1 aliphatic rings. The normalized spacial score (nSPS) is 17.4. The van der Waals surface area contributed by atoms with E-state index in [1.54, 1.807) is 13.8 Å². The third-order valence-electron chi connectivity index (χ3n) is 5.28. The first kappa shape index (κ1) is 20.0. The Morgan fingerprint density at radius 3 is 2.63 bits per heavy atom. The number of H-pyrrole nitrogens is 1. The minimum atomic E-state index is -0.389. The van der Waals surface area contributed by atoms with Crippen LogP contribution in [-0.4, -0.2) is 28.6 Å². The van der Waals surface area contributed by atoms with E-state index in [1.165, 1.54) is 56.3 Å². The first-order valence-corrected chi connectivity index (χ1v) is 10.8. The van der Waals surface area contributed by atoms with Crippen molar-refractivity contribution in [1.82, 2.24) is 15.3 Å². The van der Waals surface area contributed by atoms with E-state index >= 15 is 0 Å². The van der Waals surface area contributed by atoms with Gasteiger partial charge in [0.15, 0.2) is 0 Å². The number of carbonyl (C=O) groups is 1. The van der Waals surface area contributed by atoms with Crippen LogP contribution in [0.2, 0.25) is 0 Å². The monoisotopic (exact) mass is 391 g/mol. The quantitative estimate of drug-likeness (QED) is 0.745. The van der Waals surface area contributed by atoms with Crippen LogP contribution in [-0.2, 0) is 4.74 Å². The van der Waals surface area contributed by atoms with Crippen LogP contribution in [0.1, 0.15) is 85.9 Å². The molecule has 0 bridgehead atoms. The number of esters is 1. The maximum atomic E-state index is 12.6.